The molecule has 1 aromatic carbocycles. The van der Waals surface area contributed by atoms with E-state index in [2.05, 4.69) is 22.5 Å². The highest BCUT2D eigenvalue weighted by Gasteiger charge is 2.29. The van der Waals surface area contributed by atoms with E-state index in [9.17, 15) is 31.5 Å². The number of rotatable bonds is 14. The van der Waals surface area contributed by atoms with Gasteiger partial charge in [-0.1, -0.05) is 28.1 Å². The molecule has 1 unspecified atom stereocenters. The van der Waals surface area contributed by atoms with E-state index in [0.717, 1.165) is 18.1 Å². The maximum atomic E-state index is 13.4. The van der Waals surface area contributed by atoms with Crippen molar-refractivity contribution < 1.29 is 50.5 Å². The van der Waals surface area contributed by atoms with Crippen LogP contribution in [0.1, 0.15) is 18.4 Å². The number of nitrogens with zero attached hydrogens (tertiary/aromatic N) is 1. The Morgan fingerprint density at radius 1 is 1.05 bits per heavy atom. The van der Waals surface area contributed by atoms with Crippen molar-refractivity contribution in [1.82, 2.24) is 4.90 Å². The molecule has 15 heteroatoms. The predicted octanol–water partition coefficient (Wildman–Crippen LogP) is 2.23. The number of carbonyl (C=O) groups is 2. The zero-order valence-electron chi connectivity index (χ0n) is 23.8. The van der Waals surface area contributed by atoms with Crippen LogP contribution in [-0.2, 0) is 45.3 Å². The van der Waals surface area contributed by atoms with Gasteiger partial charge in [0.1, 0.15) is 13.2 Å². The number of halogens is 1. The fraction of sp³-hybridized carbons (Fsp3) is 0.429. The molecule has 0 amide bonds. The van der Waals surface area contributed by atoms with E-state index >= 15 is 0 Å². The van der Waals surface area contributed by atoms with Crippen molar-refractivity contribution in [2.24, 2.45) is 0 Å². The average molecular weight is 705 g/mol. The zero-order chi connectivity index (χ0) is 31.8. The van der Waals surface area contributed by atoms with Crippen LogP contribution in [0.3, 0.4) is 0 Å². The summed E-state index contributed by atoms with van der Waals surface area (Å²) < 4.78 is 68.6. The third-order valence-corrected chi connectivity index (χ3v) is 8.81. The molecule has 2 aliphatic heterocycles. The average Bonchev–Trinajstić information content (AvgIpc) is 3.35. The van der Waals surface area contributed by atoms with Gasteiger partial charge in [-0.15, -0.1) is 6.58 Å². The highest BCUT2D eigenvalue weighted by atomic mass is 79.9. The van der Waals surface area contributed by atoms with Crippen LogP contribution in [-0.4, -0.2) is 95.5 Å². The fourth-order valence-electron chi connectivity index (χ4n) is 4.08. The number of esters is 2. The number of hydrogen-bond donors (Lipinski definition) is 1. The first-order chi connectivity index (χ1) is 20.2. The van der Waals surface area contributed by atoms with Gasteiger partial charge >= 0.3 is 11.9 Å². The number of allylic oxidation sites excluding steroid dienone is 2. The zero-order valence-corrected chi connectivity index (χ0v) is 27.0. The van der Waals surface area contributed by atoms with Gasteiger partial charge in [0.2, 0.25) is 6.79 Å². The lowest BCUT2D eigenvalue weighted by Crippen LogP contribution is -2.31. The molecular weight excluding hydrogens is 670 g/mol. The number of benzene rings is 1. The van der Waals surface area contributed by atoms with Crippen LogP contribution in [0.25, 0.3) is 0 Å². The second-order valence-electron chi connectivity index (χ2n) is 9.90. The van der Waals surface area contributed by atoms with Gasteiger partial charge in [-0.2, -0.15) is 0 Å². The van der Waals surface area contributed by atoms with Crippen LogP contribution in [0.15, 0.2) is 64.3 Å². The van der Waals surface area contributed by atoms with Crippen LogP contribution < -0.4 is 9.47 Å². The van der Waals surface area contributed by atoms with Gasteiger partial charge in [-0.25, -0.2) is 26.4 Å². The minimum atomic E-state index is -3.46. The lowest BCUT2D eigenvalue weighted by molar-refractivity contribution is -0.142. The van der Waals surface area contributed by atoms with Gasteiger partial charge in [-0.05, 0) is 42.2 Å². The number of carbonyl (C=O) groups excluding carboxylic acids is 2. The summed E-state index contributed by atoms with van der Waals surface area (Å²) in [5, 5.41) is 9.48. The summed E-state index contributed by atoms with van der Waals surface area (Å²) in [7, 11) is -6.90. The predicted molar refractivity (Wildman–Crippen MR) is 162 cm³/mol. The molecule has 236 valence electrons. The molecule has 0 saturated carbocycles. The molecule has 3 rings (SSSR count). The summed E-state index contributed by atoms with van der Waals surface area (Å²) in [6.45, 7) is 3.13. The SMILES string of the molecule is C=CC1C=C(CCCO)C=C(C(=O)OCCS(C)(=O)=O)C(C(=O)OCCS(C)(=O)=O)=CN1Cc1cc2c(cc1Br)OCO2. The Bertz CT molecular complexity index is 1550. The molecule has 0 aliphatic carbocycles. The summed E-state index contributed by atoms with van der Waals surface area (Å²) in [6.07, 6.45) is 8.92. The second kappa shape index (κ2) is 15.0. The summed E-state index contributed by atoms with van der Waals surface area (Å²) in [5.41, 5.74) is 0.845. The molecular formula is C28H34BrNO11S2. The summed E-state index contributed by atoms with van der Waals surface area (Å²) in [4.78, 5) is 28.5. The summed E-state index contributed by atoms with van der Waals surface area (Å²) in [5.74, 6) is -1.75. The van der Waals surface area contributed by atoms with Gasteiger partial charge in [0.25, 0.3) is 0 Å². The molecule has 12 nitrogen and oxygen atoms in total. The Balaban J connectivity index is 2.11. The molecule has 0 saturated heterocycles. The number of ether oxygens (including phenoxy) is 4. The van der Waals surface area contributed by atoms with Crippen molar-refractivity contribution in [3.63, 3.8) is 0 Å². The molecule has 2 heterocycles. The molecule has 2 aliphatic rings. The Labute approximate surface area is 259 Å². The number of aliphatic hydroxyl groups is 1. The van der Waals surface area contributed by atoms with Crippen molar-refractivity contribution in [1.29, 1.82) is 0 Å². The molecule has 43 heavy (non-hydrogen) atoms. The molecule has 1 atom stereocenters. The van der Waals surface area contributed by atoms with Gasteiger partial charge in [0.15, 0.2) is 31.2 Å². The maximum absolute atomic E-state index is 13.4. The smallest absolute Gasteiger partial charge is 0.340 e. The summed E-state index contributed by atoms with van der Waals surface area (Å²) >= 11 is 3.54. The number of hydrogen-bond acceptors (Lipinski definition) is 12. The van der Waals surface area contributed by atoms with Crippen LogP contribution in [0.4, 0.5) is 0 Å². The minimum Gasteiger partial charge on any atom is -0.461 e. The van der Waals surface area contributed by atoms with E-state index in [4.69, 9.17) is 18.9 Å². The van der Waals surface area contributed by atoms with Crippen molar-refractivity contribution in [2.45, 2.75) is 25.4 Å². The quantitative estimate of drug-likeness (QED) is 0.222. The Kier molecular flexibility index (Phi) is 12.0. The molecule has 0 aromatic heterocycles. The highest BCUT2D eigenvalue weighted by Crippen LogP contribution is 2.38. The lowest BCUT2D eigenvalue weighted by Gasteiger charge is -2.30. The van der Waals surface area contributed by atoms with Gasteiger partial charge < -0.3 is 29.0 Å². The first-order valence-electron chi connectivity index (χ1n) is 13.1. The normalized spacial score (nSPS) is 16.8. The van der Waals surface area contributed by atoms with Crippen LogP contribution in [0, 0.1) is 0 Å². The van der Waals surface area contributed by atoms with E-state index in [1.54, 1.807) is 23.1 Å². The Morgan fingerprint density at radius 3 is 2.19 bits per heavy atom. The van der Waals surface area contributed by atoms with Gasteiger partial charge in [-0.3, -0.25) is 0 Å². The van der Waals surface area contributed by atoms with Gasteiger partial charge in [0.05, 0.1) is 28.7 Å². The molecule has 0 radical (unpaired) electrons. The van der Waals surface area contributed by atoms with Gasteiger partial charge in [0, 0.05) is 36.3 Å². The fourth-order valence-corrected chi connectivity index (χ4v) is 5.30. The number of sulfone groups is 2. The molecule has 0 spiro atoms. The van der Waals surface area contributed by atoms with Crippen molar-refractivity contribution in [2.75, 3.05) is 50.6 Å². The second-order valence-corrected chi connectivity index (χ2v) is 15.3. The highest BCUT2D eigenvalue weighted by molar-refractivity contribution is 9.10. The first kappa shape index (κ1) is 34.4. The van der Waals surface area contributed by atoms with Crippen LogP contribution in [0.2, 0.25) is 0 Å². The van der Waals surface area contributed by atoms with E-state index in [0.29, 0.717) is 34.4 Å². The third kappa shape index (κ3) is 10.5. The molecule has 0 fully saturated rings. The number of fused-ring (bicyclic) bond motifs is 1. The van der Waals surface area contributed by atoms with E-state index in [1.165, 1.54) is 12.3 Å². The van der Waals surface area contributed by atoms with E-state index in [-0.39, 0.29) is 31.1 Å². The van der Waals surface area contributed by atoms with Crippen molar-refractivity contribution in [3.05, 3.63) is 69.9 Å². The van der Waals surface area contributed by atoms with Crippen molar-refractivity contribution in [3.8, 4) is 11.5 Å². The Hall–Kier alpha value is -3.14. The number of aliphatic hydroxyl groups excluding tert-OH is 1. The topological polar surface area (TPSA) is 163 Å². The summed E-state index contributed by atoms with van der Waals surface area (Å²) in [6, 6.07) is 3.02. The van der Waals surface area contributed by atoms with Crippen LogP contribution in [0.5, 0.6) is 11.5 Å². The lowest BCUT2D eigenvalue weighted by atomic mass is 9.96. The largest absolute Gasteiger partial charge is 0.461 e. The first-order valence-corrected chi connectivity index (χ1v) is 18.0. The standard InChI is InChI=1S/C28H34BrNO11S2/c1-4-21-12-19(6-5-7-31)13-22(27(32)38-8-10-42(2,34)35)23(28(33)39-9-11-43(3,36)37)17-30(21)16-20-14-25-26(15-24(20)29)41-18-40-25/h4,12-15,17,21,31H,1,5-11,16,18H2,2-3H3. The monoisotopic (exact) mass is 703 g/mol. The van der Waals surface area contributed by atoms with E-state index < -0.39 is 62.4 Å². The van der Waals surface area contributed by atoms with E-state index in [1.807, 2.05) is 6.08 Å². The molecule has 1 aromatic rings. The van der Waals surface area contributed by atoms with Crippen molar-refractivity contribution >= 4 is 47.5 Å². The molecule has 1 N–H and O–H groups in total. The maximum Gasteiger partial charge on any atom is 0.340 e. The minimum absolute atomic E-state index is 0.0696. The Morgan fingerprint density at radius 2 is 1.63 bits per heavy atom. The third-order valence-electron chi connectivity index (χ3n) is 6.26. The molecule has 0 bridgehead atoms. The van der Waals surface area contributed by atoms with Crippen LogP contribution >= 0.6 is 15.9 Å².